The van der Waals surface area contributed by atoms with Crippen molar-refractivity contribution in [2.45, 2.75) is 12.5 Å². The highest BCUT2D eigenvalue weighted by Crippen LogP contribution is 2.35. The molecule has 0 aromatic heterocycles. The third-order valence-electron chi connectivity index (χ3n) is 5.16. The molecule has 140 valence electrons. The van der Waals surface area contributed by atoms with Crippen molar-refractivity contribution in [1.29, 1.82) is 0 Å². The van der Waals surface area contributed by atoms with Crippen LogP contribution in [0.25, 0.3) is 0 Å². The number of amides is 1. The molecular weight excluding hydrogens is 352 g/mol. The average Bonchev–Trinajstić information content (AvgIpc) is 3.06. The van der Waals surface area contributed by atoms with E-state index < -0.39 is 12.0 Å². The highest BCUT2D eigenvalue weighted by Gasteiger charge is 2.35. The van der Waals surface area contributed by atoms with Crippen molar-refractivity contribution in [3.63, 3.8) is 0 Å². The Balaban J connectivity index is 1.48. The van der Waals surface area contributed by atoms with Gasteiger partial charge in [0.1, 0.15) is 0 Å². The van der Waals surface area contributed by atoms with Gasteiger partial charge < -0.3 is 16.2 Å². The largest absolute Gasteiger partial charge is 0.397 e. The molecular formula is C23H20N2O3. The second kappa shape index (κ2) is 7.29. The summed E-state index contributed by atoms with van der Waals surface area (Å²) in [7, 11) is 0. The van der Waals surface area contributed by atoms with Gasteiger partial charge in [0, 0.05) is 11.1 Å². The molecule has 3 aromatic rings. The van der Waals surface area contributed by atoms with E-state index in [-0.39, 0.29) is 11.7 Å². The second-order valence-corrected chi connectivity index (χ2v) is 6.94. The van der Waals surface area contributed by atoms with Gasteiger partial charge in [-0.05, 0) is 41.8 Å². The zero-order valence-corrected chi connectivity index (χ0v) is 15.1. The van der Waals surface area contributed by atoms with Gasteiger partial charge in [0.15, 0.2) is 5.78 Å². The van der Waals surface area contributed by atoms with Gasteiger partial charge in [-0.15, -0.1) is 0 Å². The number of para-hydroxylation sites is 2. The van der Waals surface area contributed by atoms with Crippen molar-refractivity contribution in [2.75, 3.05) is 11.1 Å². The second-order valence-electron chi connectivity index (χ2n) is 6.94. The SMILES string of the molecule is Nc1ccccc1NC(=O)c1ccc(C(O)C2Cc3ccccc3C2=O)cc1. The fourth-order valence-corrected chi connectivity index (χ4v) is 3.59. The van der Waals surface area contributed by atoms with Crippen LogP contribution in [0.1, 0.15) is 37.9 Å². The molecule has 0 saturated carbocycles. The number of hydrogen-bond acceptors (Lipinski definition) is 4. The molecule has 1 aliphatic rings. The van der Waals surface area contributed by atoms with Crippen LogP contribution in [0, 0.1) is 5.92 Å². The normalized spacial score (nSPS) is 16.5. The number of carbonyl (C=O) groups excluding carboxylic acids is 2. The molecule has 5 nitrogen and oxygen atoms in total. The molecule has 4 N–H and O–H groups in total. The zero-order chi connectivity index (χ0) is 19.7. The quantitative estimate of drug-likeness (QED) is 0.610. The van der Waals surface area contributed by atoms with Gasteiger partial charge in [-0.25, -0.2) is 0 Å². The van der Waals surface area contributed by atoms with Gasteiger partial charge in [-0.3, -0.25) is 9.59 Å². The summed E-state index contributed by atoms with van der Waals surface area (Å²) in [5.74, 6) is -0.825. The van der Waals surface area contributed by atoms with Crippen molar-refractivity contribution in [3.8, 4) is 0 Å². The predicted molar refractivity (Wildman–Crippen MR) is 108 cm³/mol. The van der Waals surface area contributed by atoms with Crippen LogP contribution in [0.5, 0.6) is 0 Å². The number of fused-ring (bicyclic) bond motifs is 1. The molecule has 1 aliphatic carbocycles. The number of Topliss-reactive ketones (excluding diaryl/α,β-unsaturated/α-hetero) is 1. The lowest BCUT2D eigenvalue weighted by atomic mass is 9.92. The average molecular weight is 372 g/mol. The van der Waals surface area contributed by atoms with Crippen LogP contribution in [0.3, 0.4) is 0 Å². The molecule has 0 spiro atoms. The minimum absolute atomic E-state index is 0.0375. The van der Waals surface area contributed by atoms with Gasteiger partial charge in [-0.2, -0.15) is 0 Å². The number of rotatable bonds is 4. The van der Waals surface area contributed by atoms with Gasteiger partial charge in [0.05, 0.1) is 23.4 Å². The van der Waals surface area contributed by atoms with E-state index in [0.717, 1.165) is 5.56 Å². The minimum Gasteiger partial charge on any atom is -0.397 e. The summed E-state index contributed by atoms with van der Waals surface area (Å²) in [6.07, 6.45) is -0.395. The molecule has 28 heavy (non-hydrogen) atoms. The number of hydrogen-bond donors (Lipinski definition) is 3. The number of nitrogens with two attached hydrogens (primary N) is 1. The predicted octanol–water partition coefficient (Wildman–Crippen LogP) is 3.61. The van der Waals surface area contributed by atoms with E-state index in [0.29, 0.717) is 34.5 Å². The first-order valence-corrected chi connectivity index (χ1v) is 9.10. The molecule has 0 fully saturated rings. The molecule has 5 heteroatoms. The van der Waals surface area contributed by atoms with E-state index in [1.54, 1.807) is 54.6 Å². The summed E-state index contributed by atoms with van der Waals surface area (Å²) >= 11 is 0. The monoisotopic (exact) mass is 372 g/mol. The summed E-state index contributed by atoms with van der Waals surface area (Å²) in [6, 6.07) is 21.1. The molecule has 3 aromatic carbocycles. The summed E-state index contributed by atoms with van der Waals surface area (Å²) in [6.45, 7) is 0. The van der Waals surface area contributed by atoms with Crippen LogP contribution in [-0.2, 0) is 6.42 Å². The Labute approximate surface area is 162 Å². The third kappa shape index (κ3) is 3.28. The summed E-state index contributed by atoms with van der Waals surface area (Å²) in [5, 5.41) is 13.5. The maximum Gasteiger partial charge on any atom is 0.255 e. The lowest BCUT2D eigenvalue weighted by molar-refractivity contribution is 0.0709. The Hall–Kier alpha value is -3.44. The number of ketones is 1. The first-order valence-electron chi connectivity index (χ1n) is 9.10. The minimum atomic E-state index is -0.915. The Kier molecular flexibility index (Phi) is 4.67. The fourth-order valence-electron chi connectivity index (χ4n) is 3.59. The maximum atomic E-state index is 12.6. The maximum absolute atomic E-state index is 12.6. The van der Waals surface area contributed by atoms with Crippen molar-refractivity contribution in [3.05, 3.63) is 95.1 Å². The Bertz CT molecular complexity index is 1040. The molecule has 2 atom stereocenters. The number of benzene rings is 3. The number of aliphatic hydroxyl groups excluding tert-OH is 1. The van der Waals surface area contributed by atoms with Crippen molar-refractivity contribution >= 4 is 23.1 Å². The number of nitrogens with one attached hydrogen (secondary N) is 1. The van der Waals surface area contributed by atoms with Crippen LogP contribution < -0.4 is 11.1 Å². The number of anilines is 2. The third-order valence-corrected chi connectivity index (χ3v) is 5.16. The molecule has 0 heterocycles. The van der Waals surface area contributed by atoms with E-state index in [2.05, 4.69) is 5.32 Å². The van der Waals surface area contributed by atoms with E-state index in [9.17, 15) is 14.7 Å². The Morgan fingerprint density at radius 2 is 1.68 bits per heavy atom. The van der Waals surface area contributed by atoms with E-state index in [1.807, 2.05) is 18.2 Å². The Morgan fingerprint density at radius 1 is 1.00 bits per heavy atom. The van der Waals surface area contributed by atoms with E-state index >= 15 is 0 Å². The molecule has 1 amide bonds. The standard InChI is InChI=1S/C23H20N2O3/c24-19-7-3-4-8-20(19)25-23(28)15-11-9-14(10-12-15)21(26)18-13-16-5-1-2-6-17(16)22(18)27/h1-12,18,21,26H,13,24H2,(H,25,28). The lowest BCUT2D eigenvalue weighted by Gasteiger charge is -2.17. The lowest BCUT2D eigenvalue weighted by Crippen LogP contribution is -2.19. The zero-order valence-electron chi connectivity index (χ0n) is 15.1. The fraction of sp³-hybridized carbons (Fsp3) is 0.130. The topological polar surface area (TPSA) is 92.4 Å². The number of nitrogen functional groups attached to an aromatic ring is 1. The van der Waals surface area contributed by atoms with Gasteiger partial charge in [-0.1, -0.05) is 48.5 Å². The van der Waals surface area contributed by atoms with Gasteiger partial charge in [0.2, 0.25) is 0 Å². The molecule has 4 rings (SSSR count). The molecule has 0 bridgehead atoms. The summed E-state index contributed by atoms with van der Waals surface area (Å²) in [4.78, 5) is 25.0. The van der Waals surface area contributed by atoms with Crippen LogP contribution in [0.4, 0.5) is 11.4 Å². The summed E-state index contributed by atoms with van der Waals surface area (Å²) < 4.78 is 0. The number of carbonyl (C=O) groups is 2. The number of aliphatic hydroxyl groups is 1. The van der Waals surface area contributed by atoms with Crippen LogP contribution >= 0.6 is 0 Å². The van der Waals surface area contributed by atoms with Crippen molar-refractivity contribution in [2.24, 2.45) is 5.92 Å². The highest BCUT2D eigenvalue weighted by atomic mass is 16.3. The van der Waals surface area contributed by atoms with Gasteiger partial charge in [0.25, 0.3) is 5.91 Å². The molecule has 2 unspecified atom stereocenters. The van der Waals surface area contributed by atoms with E-state index in [4.69, 9.17) is 5.73 Å². The van der Waals surface area contributed by atoms with E-state index in [1.165, 1.54) is 0 Å². The van der Waals surface area contributed by atoms with Crippen molar-refractivity contribution in [1.82, 2.24) is 0 Å². The molecule has 0 radical (unpaired) electrons. The highest BCUT2D eigenvalue weighted by molar-refractivity contribution is 6.06. The first-order chi connectivity index (χ1) is 13.5. The van der Waals surface area contributed by atoms with Crippen molar-refractivity contribution < 1.29 is 14.7 Å². The Morgan fingerprint density at radius 3 is 2.39 bits per heavy atom. The first kappa shape index (κ1) is 17.9. The van der Waals surface area contributed by atoms with Crippen LogP contribution in [0.2, 0.25) is 0 Å². The smallest absolute Gasteiger partial charge is 0.255 e. The van der Waals surface area contributed by atoms with Crippen LogP contribution in [0.15, 0.2) is 72.8 Å². The molecule has 0 saturated heterocycles. The summed E-state index contributed by atoms with van der Waals surface area (Å²) in [5.41, 5.74) is 9.59. The van der Waals surface area contributed by atoms with Crippen LogP contribution in [-0.4, -0.2) is 16.8 Å². The van der Waals surface area contributed by atoms with Gasteiger partial charge >= 0.3 is 0 Å². The molecule has 0 aliphatic heterocycles.